The van der Waals surface area contributed by atoms with E-state index in [-0.39, 0.29) is 0 Å². The van der Waals surface area contributed by atoms with Crippen LogP contribution in [-0.2, 0) is 6.42 Å². The van der Waals surface area contributed by atoms with E-state index in [1.165, 1.54) is 73.9 Å². The minimum absolute atomic E-state index is 0.679. The van der Waals surface area contributed by atoms with E-state index in [0.717, 1.165) is 0 Å². The van der Waals surface area contributed by atoms with Crippen LogP contribution in [-0.4, -0.2) is 25.7 Å². The quantitative estimate of drug-likeness (QED) is 0.912. The van der Waals surface area contributed by atoms with Gasteiger partial charge in [0.05, 0.1) is 5.69 Å². The summed E-state index contributed by atoms with van der Waals surface area (Å²) < 4.78 is 1.27. The maximum absolute atomic E-state index is 3.76. The van der Waals surface area contributed by atoms with Crippen LogP contribution in [0.4, 0.5) is 5.69 Å². The molecule has 2 nitrogen and oxygen atoms in total. The first-order chi connectivity index (χ1) is 9.33. The fourth-order valence-electron chi connectivity index (χ4n) is 3.27. The van der Waals surface area contributed by atoms with Crippen LogP contribution in [0.15, 0.2) is 22.7 Å². The molecule has 3 heteroatoms. The van der Waals surface area contributed by atoms with Gasteiger partial charge in [0.1, 0.15) is 0 Å². The van der Waals surface area contributed by atoms with Crippen molar-refractivity contribution >= 4 is 21.6 Å². The zero-order chi connectivity index (χ0) is 13.1. The van der Waals surface area contributed by atoms with Crippen LogP contribution in [0, 0.1) is 0 Å². The maximum Gasteiger partial charge on any atom is 0.0510 e. The molecule has 0 spiro atoms. The van der Waals surface area contributed by atoms with Crippen molar-refractivity contribution in [3.05, 3.63) is 28.2 Å². The zero-order valence-corrected chi connectivity index (χ0v) is 13.1. The minimum atomic E-state index is 0.679. The molecule has 2 saturated heterocycles. The fourth-order valence-corrected chi connectivity index (χ4v) is 3.95. The molecule has 0 bridgehead atoms. The molecule has 1 aromatic carbocycles. The van der Waals surface area contributed by atoms with E-state index < -0.39 is 0 Å². The lowest BCUT2D eigenvalue weighted by Crippen LogP contribution is -2.35. The number of nitrogens with zero attached hydrogens (tertiary/aromatic N) is 1. The van der Waals surface area contributed by atoms with Crippen molar-refractivity contribution in [2.75, 3.05) is 24.5 Å². The van der Waals surface area contributed by atoms with Crippen molar-refractivity contribution < 1.29 is 0 Å². The highest BCUT2D eigenvalue weighted by molar-refractivity contribution is 9.10. The average molecular weight is 323 g/mol. The van der Waals surface area contributed by atoms with Gasteiger partial charge >= 0.3 is 0 Å². The molecule has 0 aliphatic carbocycles. The molecule has 1 atom stereocenters. The van der Waals surface area contributed by atoms with Crippen LogP contribution >= 0.6 is 15.9 Å². The van der Waals surface area contributed by atoms with Crippen LogP contribution in [0.5, 0.6) is 0 Å². The molecule has 1 unspecified atom stereocenters. The Balaban J connectivity index is 1.67. The van der Waals surface area contributed by atoms with Gasteiger partial charge in [0, 0.05) is 23.6 Å². The topological polar surface area (TPSA) is 15.3 Å². The average Bonchev–Trinajstić information content (AvgIpc) is 2.94. The molecule has 104 valence electrons. The molecule has 2 fully saturated rings. The molecule has 0 aromatic heterocycles. The highest BCUT2D eigenvalue weighted by Gasteiger charge is 2.17. The Kier molecular flexibility index (Phi) is 4.44. The molecule has 2 aliphatic heterocycles. The minimum Gasteiger partial charge on any atom is -0.371 e. The summed E-state index contributed by atoms with van der Waals surface area (Å²) >= 11 is 3.76. The molecular formula is C16H23BrN2. The number of hydrogen-bond donors (Lipinski definition) is 1. The number of halogens is 1. The first-order valence-corrected chi connectivity index (χ1v) is 8.39. The second kappa shape index (κ2) is 6.27. The lowest BCUT2D eigenvalue weighted by molar-refractivity contribution is 0.399. The third kappa shape index (κ3) is 3.32. The third-order valence-electron chi connectivity index (χ3n) is 4.35. The lowest BCUT2D eigenvalue weighted by Gasteiger charge is -2.24. The molecular weight excluding hydrogens is 300 g/mol. The van der Waals surface area contributed by atoms with E-state index in [9.17, 15) is 0 Å². The summed E-state index contributed by atoms with van der Waals surface area (Å²) in [5.74, 6) is 0. The number of rotatable bonds is 3. The van der Waals surface area contributed by atoms with E-state index >= 15 is 0 Å². The van der Waals surface area contributed by atoms with E-state index in [1.54, 1.807) is 0 Å². The van der Waals surface area contributed by atoms with Gasteiger partial charge in [-0.2, -0.15) is 0 Å². The number of hydrogen-bond acceptors (Lipinski definition) is 2. The van der Waals surface area contributed by atoms with Crippen molar-refractivity contribution in [2.45, 2.75) is 44.6 Å². The molecule has 1 aromatic rings. The van der Waals surface area contributed by atoms with Gasteiger partial charge in [-0.15, -0.1) is 0 Å². The Morgan fingerprint density at radius 1 is 1.16 bits per heavy atom. The first kappa shape index (κ1) is 13.4. The van der Waals surface area contributed by atoms with Gasteiger partial charge < -0.3 is 10.2 Å². The van der Waals surface area contributed by atoms with Crippen LogP contribution < -0.4 is 10.2 Å². The highest BCUT2D eigenvalue weighted by atomic mass is 79.9. The molecule has 0 radical (unpaired) electrons. The molecule has 1 N–H and O–H groups in total. The Hall–Kier alpha value is -0.540. The number of nitrogens with one attached hydrogen (secondary N) is 1. The standard InChI is InChI=1S/C16H23BrN2/c17-15-12-13(11-14-5-1-2-8-18-14)6-7-16(15)19-9-3-4-10-19/h6-7,12,14,18H,1-5,8-11H2. The second-order valence-corrected chi connectivity index (χ2v) is 6.69. The maximum atomic E-state index is 3.76. The Bertz CT molecular complexity index is 421. The summed E-state index contributed by atoms with van der Waals surface area (Å²) in [4.78, 5) is 2.49. The van der Waals surface area contributed by atoms with E-state index in [1.807, 2.05) is 0 Å². The largest absolute Gasteiger partial charge is 0.371 e. The smallest absolute Gasteiger partial charge is 0.0510 e. The van der Waals surface area contributed by atoms with E-state index in [0.29, 0.717) is 6.04 Å². The van der Waals surface area contributed by atoms with Crippen LogP contribution in [0.2, 0.25) is 0 Å². The molecule has 19 heavy (non-hydrogen) atoms. The molecule has 3 rings (SSSR count). The summed E-state index contributed by atoms with van der Waals surface area (Å²) in [7, 11) is 0. The lowest BCUT2D eigenvalue weighted by atomic mass is 9.98. The summed E-state index contributed by atoms with van der Waals surface area (Å²) in [6, 6.07) is 7.62. The SMILES string of the molecule is Brc1cc(CC2CCCCN2)ccc1N1CCCC1. The molecule has 0 amide bonds. The molecule has 0 saturated carbocycles. The van der Waals surface area contributed by atoms with Crippen molar-refractivity contribution in [1.82, 2.24) is 5.32 Å². The predicted molar refractivity (Wildman–Crippen MR) is 84.9 cm³/mol. The Morgan fingerprint density at radius 2 is 2.00 bits per heavy atom. The second-order valence-electron chi connectivity index (χ2n) is 5.83. The molecule has 2 aliphatic rings. The normalized spacial score (nSPS) is 23.8. The third-order valence-corrected chi connectivity index (χ3v) is 4.99. The van der Waals surface area contributed by atoms with Crippen molar-refractivity contribution in [2.24, 2.45) is 0 Å². The first-order valence-electron chi connectivity index (χ1n) is 7.60. The monoisotopic (exact) mass is 322 g/mol. The van der Waals surface area contributed by atoms with Crippen LogP contribution in [0.1, 0.15) is 37.7 Å². The summed E-state index contributed by atoms with van der Waals surface area (Å²) in [6.45, 7) is 3.61. The van der Waals surface area contributed by atoms with Crippen molar-refractivity contribution in [1.29, 1.82) is 0 Å². The van der Waals surface area contributed by atoms with E-state index in [4.69, 9.17) is 0 Å². The van der Waals surface area contributed by atoms with Gasteiger partial charge in [0.2, 0.25) is 0 Å². The van der Waals surface area contributed by atoms with Crippen molar-refractivity contribution in [3.8, 4) is 0 Å². The fraction of sp³-hybridized carbons (Fsp3) is 0.625. The van der Waals surface area contributed by atoms with Crippen LogP contribution in [0.3, 0.4) is 0 Å². The highest BCUT2D eigenvalue weighted by Crippen LogP contribution is 2.30. The number of anilines is 1. The zero-order valence-electron chi connectivity index (χ0n) is 11.5. The summed E-state index contributed by atoms with van der Waals surface area (Å²) in [5, 5.41) is 3.63. The number of benzene rings is 1. The Labute approximate surface area is 124 Å². The molecule has 2 heterocycles. The van der Waals surface area contributed by atoms with Gasteiger partial charge in [-0.05, 0) is 72.3 Å². The van der Waals surface area contributed by atoms with Gasteiger partial charge in [-0.25, -0.2) is 0 Å². The van der Waals surface area contributed by atoms with E-state index in [2.05, 4.69) is 44.3 Å². The van der Waals surface area contributed by atoms with Gasteiger partial charge in [-0.1, -0.05) is 12.5 Å². The van der Waals surface area contributed by atoms with Gasteiger partial charge in [0.25, 0.3) is 0 Å². The predicted octanol–water partition coefficient (Wildman–Crippen LogP) is 3.73. The van der Waals surface area contributed by atoms with Crippen LogP contribution in [0.25, 0.3) is 0 Å². The number of piperidine rings is 1. The van der Waals surface area contributed by atoms with Gasteiger partial charge in [-0.3, -0.25) is 0 Å². The van der Waals surface area contributed by atoms with Gasteiger partial charge in [0.15, 0.2) is 0 Å². The summed E-state index contributed by atoms with van der Waals surface area (Å²) in [5.41, 5.74) is 2.83. The van der Waals surface area contributed by atoms with Crippen molar-refractivity contribution in [3.63, 3.8) is 0 Å². The Morgan fingerprint density at radius 3 is 2.68 bits per heavy atom. The summed E-state index contributed by atoms with van der Waals surface area (Å²) in [6.07, 6.45) is 7.88.